The molecule has 0 aromatic heterocycles. The van der Waals surface area contributed by atoms with Crippen molar-refractivity contribution in [1.29, 1.82) is 0 Å². The first kappa shape index (κ1) is 43.6. The van der Waals surface area contributed by atoms with Crippen LogP contribution in [-0.4, -0.2) is 217 Å². The van der Waals surface area contributed by atoms with E-state index in [1.807, 2.05) is 27.7 Å². The van der Waals surface area contributed by atoms with Gasteiger partial charge in [0.2, 0.25) is 0 Å². The minimum absolute atomic E-state index is 0.000599. The third kappa shape index (κ3) is 22.0. The fraction of sp³-hybridized carbons (Fsp3) is 0.691. The number of nitrogens with zero attached hydrogens (tertiary/aromatic N) is 5. The van der Waals surface area contributed by atoms with Gasteiger partial charge >= 0.3 is 0 Å². The van der Waals surface area contributed by atoms with Crippen molar-refractivity contribution in [3.05, 3.63) is 116 Å². The van der Waals surface area contributed by atoms with Gasteiger partial charge in [-0.25, -0.2) is 0 Å². The van der Waals surface area contributed by atoms with Crippen LogP contribution in [0, 0.1) is 58.1 Å². The van der Waals surface area contributed by atoms with Crippen molar-refractivity contribution in [2.45, 2.75) is 239 Å². The minimum Gasteiger partial charge on any atom is -0.493 e. The van der Waals surface area contributed by atoms with Crippen LogP contribution in [0.4, 0.5) is 0 Å². The van der Waals surface area contributed by atoms with Gasteiger partial charge in [0.15, 0.2) is 57.5 Å². The van der Waals surface area contributed by atoms with Gasteiger partial charge in [-0.2, -0.15) is 0 Å². The predicted molar refractivity (Wildman–Crippen MR) is 465 cm³/mol. The van der Waals surface area contributed by atoms with E-state index in [1.54, 1.807) is 23.6 Å². The van der Waals surface area contributed by atoms with Crippen LogP contribution in [0.25, 0.3) is 0 Å². The molecule has 15 atom stereocenters. The number of fused-ring (bicyclic) bond motifs is 15. The highest BCUT2D eigenvalue weighted by molar-refractivity contribution is 5.54. The maximum absolute atomic E-state index is 11.5. The largest absolute Gasteiger partial charge is 0.493 e. The monoisotopic (exact) mass is 1680 g/mol. The molecule has 15 unspecified atom stereocenters. The van der Waals surface area contributed by atoms with Crippen LogP contribution in [0.5, 0.6) is 57.5 Å². The van der Waals surface area contributed by atoms with Crippen molar-refractivity contribution in [2.24, 2.45) is 58.1 Å². The molecule has 0 radical (unpaired) electrons. The van der Waals surface area contributed by atoms with Gasteiger partial charge in [0.1, 0.15) is 0 Å². The highest BCUT2D eigenvalue weighted by Gasteiger charge is 2.45. The van der Waals surface area contributed by atoms with E-state index >= 15 is 0 Å². The molecular weight excluding hydrogens is 1480 g/mol. The van der Waals surface area contributed by atoms with Gasteiger partial charge in [-0.3, -0.25) is 24.5 Å². The number of piperidine rings is 5. The summed E-state index contributed by atoms with van der Waals surface area (Å²) >= 11 is 0. The van der Waals surface area contributed by atoms with Crippen molar-refractivity contribution in [1.82, 2.24) is 24.5 Å². The first-order valence-corrected chi connectivity index (χ1v) is 39.0. The lowest BCUT2D eigenvalue weighted by molar-refractivity contribution is -0.0259. The van der Waals surface area contributed by atoms with Crippen molar-refractivity contribution < 1.29 is 147 Å². The van der Waals surface area contributed by atoms with E-state index in [0.717, 1.165) is 24.0 Å². The maximum atomic E-state index is 11.5. The van der Waals surface area contributed by atoms with Crippen molar-refractivity contribution in [3.8, 4) is 57.5 Å². The molecule has 20 nitrogen and oxygen atoms in total. The zero-order valence-electron chi connectivity index (χ0n) is 123. The first-order valence-electron chi connectivity index (χ1n) is 66.0. The SMILES string of the molecule is [2H]c1c2c(c([2H])c(OC([2H])([2H])[2H])c1OC)C1([2H])N(CC2)CC([2H])(C([2H])([2H])C(C)(C([2H])([2H])[2H])C([2H])([2H])[2H])C([2H])(O)C1([2H])[2H].[2H]c1c2c(c([2H])c(OC([2H])([2H])[2H])c1OC)C1([2H])N(CC2)CC([2H])(CC(C)C)C([2H])(O)C1([2H])[2H].[2H]c1c2c(c([2H])c(OC([2H])([2H])[2H])c1OC)C1CC(O)C(CC(C)C)C([2H])([2H])N1CC2.[2H]c1c2c(c([2H])c(OC)c1OC)C1([2H])N(CC2)CC([2H])(C([2H])([2H])C(C)(C([2H])([2H])[2H])C([2H])([2H])[2H])C([2H])(O)C1([2H])[2H].[2H]c1c2c(c([2H])c(OC)c1OC)C1CC(O)C(CC(C)C)C([2H])([2H])N1CC2. The Morgan fingerprint density at radius 3 is 0.923 bits per heavy atom. The Morgan fingerprint density at radius 2 is 0.641 bits per heavy atom. The van der Waals surface area contributed by atoms with Crippen LogP contribution >= 0.6 is 0 Å². The number of methoxy groups -OCH3 is 10. The van der Waals surface area contributed by atoms with Crippen molar-refractivity contribution in [3.63, 3.8) is 0 Å². The van der Waals surface area contributed by atoms with Gasteiger partial charge in [0.05, 0.1) is 136 Å². The lowest BCUT2D eigenvalue weighted by Gasteiger charge is -2.47. The Balaban J connectivity index is 0.000000201. The molecule has 10 aliphatic heterocycles. The zero-order chi connectivity index (χ0) is 132. The fourth-order valence-electron chi connectivity index (χ4n) is 15.9. The molecule has 5 saturated heterocycles. The molecule has 20 heteroatoms. The van der Waals surface area contributed by atoms with Gasteiger partial charge in [-0.1, -0.05) is 82.8 Å². The van der Waals surface area contributed by atoms with E-state index in [2.05, 4.69) is 0 Å². The molecule has 5 aromatic carbocycles. The lowest BCUT2D eigenvalue weighted by atomic mass is 9.75. The topological polar surface area (TPSA) is 210 Å². The summed E-state index contributed by atoms with van der Waals surface area (Å²) < 4.78 is 502. The quantitative estimate of drug-likeness (QED) is 0.0552. The van der Waals surface area contributed by atoms with E-state index in [1.165, 1.54) is 40.4 Å². The summed E-state index contributed by atoms with van der Waals surface area (Å²) in [5.74, 6) is -12.6. The molecular formula is C97H149N5O15. The second kappa shape index (κ2) is 40.1. The molecule has 652 valence electrons. The third-order valence-corrected chi connectivity index (χ3v) is 21.2. The van der Waals surface area contributed by atoms with Crippen LogP contribution in [0.3, 0.4) is 0 Å². The highest BCUT2D eigenvalue weighted by atomic mass is 16.5. The summed E-state index contributed by atoms with van der Waals surface area (Å²) in [6.07, 6.45) is -28.8. The normalized spacial score (nSPS) is 43.0. The summed E-state index contributed by atoms with van der Waals surface area (Å²) in [4.78, 5) is 6.37. The van der Waals surface area contributed by atoms with Gasteiger partial charge in [-0.05, 0) is 270 Å². The number of aliphatic hydroxyl groups excluding tert-OH is 2. The fourth-order valence-corrected chi connectivity index (χ4v) is 15.9. The average molecular weight is 1680 g/mol. The maximum Gasteiger partial charge on any atom is 0.161 e. The number of hydrogen-bond donors (Lipinski definition) is 5. The van der Waals surface area contributed by atoms with E-state index in [9.17, 15) is 29.6 Å². The molecule has 5 fully saturated rings. The molecule has 0 amide bonds. The van der Waals surface area contributed by atoms with Crippen LogP contribution in [-0.2, 0) is 32.1 Å². The number of ether oxygens (including phenoxy) is 10. The Bertz CT molecular complexity index is 6680. The van der Waals surface area contributed by atoms with Gasteiger partial charge in [0.25, 0.3) is 0 Å². The van der Waals surface area contributed by atoms with Gasteiger partial charge in [-0.15, -0.1) is 0 Å². The second-order valence-corrected chi connectivity index (χ2v) is 31.5. The van der Waals surface area contributed by atoms with Crippen LogP contribution in [0.1, 0.15) is 307 Å². The molecule has 0 aliphatic carbocycles. The molecule has 15 rings (SSSR count). The zero-order valence-corrected chi connectivity index (χ0v) is 69.0. The van der Waals surface area contributed by atoms with E-state index in [-0.39, 0.29) is 168 Å². The molecule has 0 saturated carbocycles. The number of hydrogen-bond acceptors (Lipinski definition) is 20. The molecule has 5 aromatic rings. The number of aliphatic hydroxyl groups is 5. The molecule has 0 bridgehead atoms. The lowest BCUT2D eigenvalue weighted by Crippen LogP contribution is -2.48. The van der Waals surface area contributed by atoms with Crippen molar-refractivity contribution in [2.75, 3.05) is 136 Å². The summed E-state index contributed by atoms with van der Waals surface area (Å²) in [6.45, 7) is -8.01. The van der Waals surface area contributed by atoms with Gasteiger partial charge < -0.3 is 72.9 Å². The summed E-state index contributed by atoms with van der Waals surface area (Å²) in [6, 6.07) is -13.0. The van der Waals surface area contributed by atoms with E-state index in [4.69, 9.17) is 117 Å². The molecule has 5 N–H and O–H groups in total. The van der Waals surface area contributed by atoms with Crippen LogP contribution < -0.4 is 47.4 Å². The standard InChI is InChI=1S/2C20H31NO3.3C19H29NO3/c2*1-20(2,3)11-14-12-21-7-6-13-8-18(23-4)19(24-5)9-15(13)16(21)10-17(14)22;3*1-12(2)7-14-11-20-6-5-13-8-18(22-3)19(23-4)9-15(13)16(20)10-17(14)21/h2*8-9,14,16-17,22H,6-7,10-12H2,1-5H3;3*8-9,12,14,16-17,21H,5-7,10-11H2,1-4H3/i1D3,2D3,5D3,8D,9D,10D2,11D2,14D,16D,17D;1D3,2D3,8D,9D,10D2,11D2,14D,16D,17D;4D3,8D,9D,10D2,14D,16D,17D;4D3,8D,9D,11D2;8D,9D,11D2. The summed E-state index contributed by atoms with van der Waals surface area (Å²) in [5, 5.41) is 55.7. The minimum atomic E-state index is -4.08. The van der Waals surface area contributed by atoms with Crippen molar-refractivity contribution >= 4 is 0 Å². The highest BCUT2D eigenvalue weighted by Crippen LogP contribution is 2.51. The van der Waals surface area contributed by atoms with Gasteiger partial charge in [0, 0.05) is 135 Å². The Hall–Kier alpha value is -6.30. The number of rotatable bonds is 18. The molecule has 0 spiro atoms. The van der Waals surface area contributed by atoms with Crippen LogP contribution in [0.15, 0.2) is 60.4 Å². The Kier molecular flexibility index (Phi) is 15.0. The van der Waals surface area contributed by atoms with E-state index in [0.29, 0.717) is 81.3 Å². The molecule has 10 heterocycles. The smallest absolute Gasteiger partial charge is 0.161 e. The number of benzene rings is 5. The first-order chi connectivity index (χ1) is 77.0. The predicted octanol–water partition coefficient (Wildman–Crippen LogP) is 15.9. The second-order valence-electron chi connectivity index (χ2n) is 31.5. The molecule has 117 heavy (non-hydrogen) atoms. The average Bonchev–Trinajstić information content (AvgIpc) is 0.654. The Morgan fingerprint density at radius 1 is 0.385 bits per heavy atom. The Labute approximate surface area is 778 Å². The summed E-state index contributed by atoms with van der Waals surface area (Å²) in [7, 11) is -0.238. The third-order valence-electron chi connectivity index (χ3n) is 21.2. The summed E-state index contributed by atoms with van der Waals surface area (Å²) in [5.41, 5.74) is -6.31. The van der Waals surface area contributed by atoms with Crippen LogP contribution in [0.2, 0.25) is 0 Å². The van der Waals surface area contributed by atoms with E-state index < -0.39 is 266 Å². The molecule has 10 aliphatic rings.